The number of methoxy groups -OCH3 is 1. The molecule has 1 aliphatic heterocycles. The van der Waals surface area contributed by atoms with Crippen LogP contribution in [0.25, 0.3) is 0 Å². The van der Waals surface area contributed by atoms with E-state index in [1.54, 1.807) is 0 Å². The lowest BCUT2D eigenvalue weighted by atomic mass is 10.1. The van der Waals surface area contributed by atoms with Gasteiger partial charge in [0.15, 0.2) is 18.2 Å². The molecule has 1 N–H and O–H groups in total. The molecule has 0 aromatic heterocycles. The molecule has 0 fully saturated rings. The van der Waals surface area contributed by atoms with Gasteiger partial charge in [-0.3, -0.25) is 14.9 Å². The summed E-state index contributed by atoms with van der Waals surface area (Å²) < 4.78 is 43.5. The average Bonchev–Trinajstić information content (AvgIpc) is 2.78. The van der Waals surface area contributed by atoms with E-state index < -0.39 is 40.9 Å². The van der Waals surface area contributed by atoms with Gasteiger partial charge in [0.05, 0.1) is 24.5 Å². The Bertz CT molecular complexity index is 1080. The van der Waals surface area contributed by atoms with Crippen LogP contribution in [0.2, 0.25) is 0 Å². The van der Waals surface area contributed by atoms with Gasteiger partial charge in [-0.15, -0.1) is 0 Å². The Hall–Kier alpha value is -3.96. The van der Waals surface area contributed by atoms with Gasteiger partial charge in [-0.1, -0.05) is 6.07 Å². The molecule has 0 saturated carbocycles. The molecular formula is C21H21F2N3O7. The van der Waals surface area contributed by atoms with E-state index in [9.17, 15) is 28.5 Å². The summed E-state index contributed by atoms with van der Waals surface area (Å²) in [4.78, 5) is 35.6. The first kappa shape index (κ1) is 23.7. The zero-order valence-corrected chi connectivity index (χ0v) is 17.8. The number of carbonyl (C=O) groups excluding carboxylic acids is 2. The minimum Gasteiger partial charge on any atom is -0.489 e. The predicted molar refractivity (Wildman–Crippen MR) is 111 cm³/mol. The van der Waals surface area contributed by atoms with Gasteiger partial charge in [0, 0.05) is 31.8 Å². The highest BCUT2D eigenvalue weighted by Gasteiger charge is 2.33. The number of carbonyl (C=O) groups is 2. The minimum atomic E-state index is -0.890. The highest BCUT2D eigenvalue weighted by molar-refractivity contribution is 5.77. The first-order chi connectivity index (χ1) is 15.7. The van der Waals surface area contributed by atoms with Crippen LogP contribution in [0.1, 0.15) is 12.0 Å². The summed E-state index contributed by atoms with van der Waals surface area (Å²) in [5.41, 5.74) is -0.0665. The molecule has 1 atom stereocenters. The molecule has 3 rings (SSSR count). The van der Waals surface area contributed by atoms with Gasteiger partial charge >= 0.3 is 11.7 Å². The smallest absolute Gasteiger partial charge is 0.343 e. The van der Waals surface area contributed by atoms with Crippen LogP contribution in [0, 0.1) is 21.7 Å². The Labute approximate surface area is 187 Å². The normalized spacial score (nSPS) is 14.7. The lowest BCUT2D eigenvalue weighted by molar-refractivity contribution is -0.385. The molecule has 0 radical (unpaired) electrons. The van der Waals surface area contributed by atoms with Crippen molar-refractivity contribution in [3.8, 4) is 11.5 Å². The Morgan fingerprint density at radius 2 is 2.06 bits per heavy atom. The molecule has 0 saturated heterocycles. The number of esters is 1. The van der Waals surface area contributed by atoms with Crippen molar-refractivity contribution in [2.75, 3.05) is 32.3 Å². The molecule has 0 spiro atoms. The summed E-state index contributed by atoms with van der Waals surface area (Å²) in [6.07, 6.45) is -0.0465. The van der Waals surface area contributed by atoms with E-state index in [1.165, 1.54) is 30.1 Å². The van der Waals surface area contributed by atoms with Crippen LogP contribution < -0.4 is 19.7 Å². The van der Waals surface area contributed by atoms with Crippen LogP contribution in [0.5, 0.6) is 11.5 Å². The van der Waals surface area contributed by atoms with Crippen LogP contribution in [0.15, 0.2) is 30.3 Å². The molecule has 176 valence electrons. The molecule has 12 heteroatoms. The van der Waals surface area contributed by atoms with Crippen LogP contribution in [0.3, 0.4) is 0 Å². The molecular weight excluding hydrogens is 444 g/mol. The average molecular weight is 465 g/mol. The van der Waals surface area contributed by atoms with Crippen LogP contribution in [-0.4, -0.2) is 50.2 Å². The Morgan fingerprint density at radius 1 is 1.30 bits per heavy atom. The fourth-order valence-corrected chi connectivity index (χ4v) is 3.40. The molecule has 10 nitrogen and oxygen atoms in total. The summed E-state index contributed by atoms with van der Waals surface area (Å²) in [7, 11) is 2.61. The zero-order chi connectivity index (χ0) is 24.1. The van der Waals surface area contributed by atoms with E-state index in [2.05, 4.69) is 10.1 Å². The molecule has 1 amide bonds. The molecule has 0 aliphatic carbocycles. The molecule has 2 aromatic rings. The van der Waals surface area contributed by atoms with Gasteiger partial charge < -0.3 is 24.4 Å². The van der Waals surface area contributed by atoms with E-state index >= 15 is 0 Å². The molecule has 2 aromatic carbocycles. The van der Waals surface area contributed by atoms with E-state index in [-0.39, 0.29) is 42.7 Å². The number of anilines is 1. The van der Waals surface area contributed by atoms with Crippen molar-refractivity contribution in [3.05, 3.63) is 57.6 Å². The zero-order valence-electron chi connectivity index (χ0n) is 17.8. The number of ether oxygens (including phenoxy) is 3. The Kier molecular flexibility index (Phi) is 7.26. The number of hydrogen-bond acceptors (Lipinski definition) is 8. The van der Waals surface area contributed by atoms with Gasteiger partial charge in [0.1, 0.15) is 23.9 Å². The molecule has 0 bridgehead atoms. The summed E-state index contributed by atoms with van der Waals surface area (Å²) in [6.45, 7) is -0.580. The second-order valence-corrected chi connectivity index (χ2v) is 7.13. The molecule has 33 heavy (non-hydrogen) atoms. The van der Waals surface area contributed by atoms with E-state index in [4.69, 9.17) is 9.47 Å². The number of fused-ring (bicyclic) bond motifs is 1. The highest BCUT2D eigenvalue weighted by Crippen LogP contribution is 2.39. The van der Waals surface area contributed by atoms with E-state index in [1.807, 2.05) is 0 Å². The van der Waals surface area contributed by atoms with Gasteiger partial charge in [-0.05, 0) is 11.6 Å². The van der Waals surface area contributed by atoms with Gasteiger partial charge in [0.25, 0.3) is 0 Å². The van der Waals surface area contributed by atoms with Crippen molar-refractivity contribution in [1.29, 1.82) is 0 Å². The number of rotatable bonds is 8. The third-order valence-electron chi connectivity index (χ3n) is 5.00. The minimum absolute atomic E-state index is 0.0221. The van der Waals surface area contributed by atoms with Crippen molar-refractivity contribution in [1.82, 2.24) is 5.32 Å². The van der Waals surface area contributed by atoms with Gasteiger partial charge in [-0.2, -0.15) is 0 Å². The third-order valence-corrected chi connectivity index (χ3v) is 5.00. The van der Waals surface area contributed by atoms with Crippen LogP contribution in [0.4, 0.5) is 20.2 Å². The summed E-state index contributed by atoms with van der Waals surface area (Å²) in [5, 5.41) is 14.0. The number of nitrogens with zero attached hydrogens (tertiary/aromatic N) is 2. The van der Waals surface area contributed by atoms with Crippen LogP contribution >= 0.6 is 0 Å². The number of halogens is 2. The lowest BCUT2D eigenvalue weighted by Gasteiger charge is -2.38. The number of nitro benzene ring substituents is 1. The first-order valence-electron chi connectivity index (χ1n) is 9.79. The first-order valence-corrected chi connectivity index (χ1v) is 9.79. The fourth-order valence-electron chi connectivity index (χ4n) is 3.40. The lowest BCUT2D eigenvalue weighted by Crippen LogP contribution is -2.45. The van der Waals surface area contributed by atoms with Crippen molar-refractivity contribution >= 4 is 23.3 Å². The van der Waals surface area contributed by atoms with Crippen molar-refractivity contribution in [3.63, 3.8) is 0 Å². The largest absolute Gasteiger partial charge is 0.489 e. The van der Waals surface area contributed by atoms with Crippen molar-refractivity contribution in [2.24, 2.45) is 0 Å². The maximum atomic E-state index is 14.7. The number of nitrogens with one attached hydrogen (secondary N) is 1. The monoisotopic (exact) mass is 465 g/mol. The predicted octanol–water partition coefficient (Wildman–Crippen LogP) is 2.33. The number of amides is 1. The summed E-state index contributed by atoms with van der Waals surface area (Å²) in [6, 6.07) is 5.16. The number of nitro groups is 1. The van der Waals surface area contributed by atoms with E-state index in [0.29, 0.717) is 11.6 Å². The Morgan fingerprint density at radius 3 is 2.73 bits per heavy atom. The Balaban J connectivity index is 1.96. The van der Waals surface area contributed by atoms with Crippen molar-refractivity contribution < 1.29 is 37.5 Å². The molecule has 1 heterocycles. The maximum Gasteiger partial charge on any atom is 0.343 e. The molecule has 1 aliphatic rings. The fraction of sp³-hybridized carbons (Fsp3) is 0.333. The number of hydrogen-bond donors (Lipinski definition) is 1. The second-order valence-electron chi connectivity index (χ2n) is 7.13. The third kappa shape index (κ3) is 5.45. The summed E-state index contributed by atoms with van der Waals surface area (Å²) in [5.74, 6) is -2.92. The summed E-state index contributed by atoms with van der Waals surface area (Å²) >= 11 is 0. The topological polar surface area (TPSA) is 120 Å². The quantitative estimate of drug-likeness (QED) is 0.358. The van der Waals surface area contributed by atoms with Crippen molar-refractivity contribution in [2.45, 2.75) is 19.0 Å². The standard InChI is InChI=1S/C21H21F2N3O7/c1-24-19(27)8-14-10-32-18-7-13(22)6-15(23)21(18)25(14)9-12-3-4-17(16(5-12)26(29)30)33-11-20(28)31-2/h3-7,14H,8-11H2,1-2H3,(H,24,27). The van der Waals surface area contributed by atoms with E-state index in [0.717, 1.165) is 13.2 Å². The van der Waals surface area contributed by atoms with Crippen LogP contribution in [-0.2, 0) is 20.9 Å². The van der Waals surface area contributed by atoms with Gasteiger partial charge in [0.2, 0.25) is 5.91 Å². The van der Waals surface area contributed by atoms with Gasteiger partial charge in [-0.25, -0.2) is 13.6 Å². The SMILES string of the molecule is CNC(=O)CC1COc2cc(F)cc(F)c2N1Cc1ccc(OCC(=O)OC)c([N+](=O)[O-])c1. The second kappa shape index (κ2) is 10.1. The molecule has 1 unspecified atom stereocenters. The maximum absolute atomic E-state index is 14.7. The number of benzene rings is 2. The highest BCUT2D eigenvalue weighted by atomic mass is 19.1.